The Bertz CT molecular complexity index is 1210. The first-order valence-electron chi connectivity index (χ1n) is 11.1. The highest BCUT2D eigenvalue weighted by Crippen LogP contribution is 2.25. The molecule has 3 aromatic rings. The van der Waals surface area contributed by atoms with Crippen molar-refractivity contribution in [3.8, 4) is 5.75 Å². The van der Waals surface area contributed by atoms with E-state index in [-0.39, 0.29) is 18.3 Å². The number of aromatic nitrogens is 1. The van der Waals surface area contributed by atoms with Gasteiger partial charge in [-0.2, -0.15) is 4.57 Å². The van der Waals surface area contributed by atoms with Gasteiger partial charge in [-0.05, 0) is 55.3 Å². The maximum Gasteiger partial charge on any atom is 0.412 e. The number of fused-ring (bicyclic) bond motifs is 1. The van der Waals surface area contributed by atoms with Crippen molar-refractivity contribution in [1.29, 1.82) is 0 Å². The number of pyridine rings is 1. The van der Waals surface area contributed by atoms with Crippen molar-refractivity contribution < 1.29 is 37.9 Å². The smallest absolute Gasteiger partial charge is 0.412 e. The number of nitrogens with one attached hydrogen (secondary N) is 1. The summed E-state index contributed by atoms with van der Waals surface area (Å²) in [4.78, 5) is 36.4. The molecule has 0 saturated heterocycles. The summed E-state index contributed by atoms with van der Waals surface area (Å²) in [5, 5.41) is 4.57. The van der Waals surface area contributed by atoms with E-state index in [0.717, 1.165) is 22.1 Å². The molecule has 1 N–H and O–H groups in total. The number of nitrogens with zero attached hydrogens (tertiary/aromatic N) is 1. The predicted octanol–water partition coefficient (Wildman–Crippen LogP) is 3.69. The summed E-state index contributed by atoms with van der Waals surface area (Å²) in [6.07, 6.45) is 2.55. The van der Waals surface area contributed by atoms with Crippen LogP contribution in [0, 0.1) is 0 Å². The molecule has 184 valence electrons. The van der Waals surface area contributed by atoms with Gasteiger partial charge in [0.2, 0.25) is 6.79 Å². The summed E-state index contributed by atoms with van der Waals surface area (Å²) in [7, 11) is 1.61. The van der Waals surface area contributed by atoms with Crippen LogP contribution >= 0.6 is 0 Å². The van der Waals surface area contributed by atoms with E-state index in [0.29, 0.717) is 0 Å². The number of benzene rings is 2. The van der Waals surface area contributed by atoms with Crippen molar-refractivity contribution in [2.75, 3.05) is 13.9 Å². The Morgan fingerprint density at radius 2 is 1.69 bits per heavy atom. The van der Waals surface area contributed by atoms with E-state index in [1.165, 1.54) is 10.8 Å². The molecule has 3 rings (SSSR count). The summed E-state index contributed by atoms with van der Waals surface area (Å²) in [5.74, 6) is -0.981. The molecule has 0 aliphatic rings. The molecule has 35 heavy (non-hydrogen) atoms. The normalized spacial score (nSPS) is 11.6. The number of rotatable bonds is 9. The van der Waals surface area contributed by atoms with Crippen LogP contribution in [0.25, 0.3) is 10.8 Å². The van der Waals surface area contributed by atoms with Crippen molar-refractivity contribution in [1.82, 2.24) is 5.32 Å². The monoisotopic (exact) mass is 481 g/mol. The zero-order valence-electron chi connectivity index (χ0n) is 20.1. The summed E-state index contributed by atoms with van der Waals surface area (Å²) >= 11 is 0. The number of alkyl carbamates (subject to hydrolysis) is 1. The van der Waals surface area contributed by atoms with Crippen molar-refractivity contribution in [3.05, 3.63) is 72.1 Å². The van der Waals surface area contributed by atoms with Gasteiger partial charge in [0.05, 0.1) is 13.0 Å². The Morgan fingerprint density at radius 1 is 0.943 bits per heavy atom. The van der Waals surface area contributed by atoms with Gasteiger partial charge in [-0.15, -0.1) is 0 Å². The van der Waals surface area contributed by atoms with E-state index in [4.69, 9.17) is 18.9 Å². The van der Waals surface area contributed by atoms with E-state index < -0.39 is 30.7 Å². The Kier molecular flexibility index (Phi) is 8.61. The SMILES string of the molecule is COc1ccc2cc([C@H](C)C(=O)OCOC(=O)c3ccc[n+](COC(=O)NC(C)C)c3)ccc2c1. The first-order chi connectivity index (χ1) is 16.8. The lowest BCUT2D eigenvalue weighted by atomic mass is 9.98. The molecular weight excluding hydrogens is 452 g/mol. The number of methoxy groups -OCH3 is 1. The second kappa shape index (κ2) is 11.8. The lowest BCUT2D eigenvalue weighted by Gasteiger charge is -2.13. The summed E-state index contributed by atoms with van der Waals surface area (Å²) in [5.41, 5.74) is 0.999. The van der Waals surface area contributed by atoms with Gasteiger partial charge in [0, 0.05) is 12.1 Å². The number of esters is 2. The van der Waals surface area contributed by atoms with Gasteiger partial charge >= 0.3 is 18.0 Å². The zero-order valence-corrected chi connectivity index (χ0v) is 20.1. The summed E-state index contributed by atoms with van der Waals surface area (Å²) < 4.78 is 22.1. The van der Waals surface area contributed by atoms with Crippen molar-refractivity contribution in [2.24, 2.45) is 0 Å². The van der Waals surface area contributed by atoms with E-state index in [1.54, 1.807) is 32.4 Å². The largest absolute Gasteiger partial charge is 0.497 e. The molecule has 1 aromatic heterocycles. The van der Waals surface area contributed by atoms with E-state index in [9.17, 15) is 14.4 Å². The fraction of sp³-hybridized carbons (Fsp3) is 0.308. The average molecular weight is 482 g/mol. The molecule has 0 fully saturated rings. The second-order valence-corrected chi connectivity index (χ2v) is 8.17. The maximum atomic E-state index is 12.5. The van der Waals surface area contributed by atoms with Crippen molar-refractivity contribution >= 4 is 28.8 Å². The Balaban J connectivity index is 1.51. The molecule has 2 aromatic carbocycles. The number of hydrogen-bond acceptors (Lipinski definition) is 7. The van der Waals surface area contributed by atoms with Gasteiger partial charge in [0.15, 0.2) is 12.4 Å². The van der Waals surface area contributed by atoms with Gasteiger partial charge in [-0.1, -0.05) is 24.3 Å². The highest BCUT2D eigenvalue weighted by atomic mass is 16.7. The molecule has 1 amide bonds. The van der Waals surface area contributed by atoms with Gasteiger partial charge < -0.3 is 24.3 Å². The number of carbonyl (C=O) groups excluding carboxylic acids is 3. The molecule has 1 atom stereocenters. The van der Waals surface area contributed by atoms with Crippen LogP contribution in [0.5, 0.6) is 5.75 Å². The third-order valence-electron chi connectivity index (χ3n) is 5.16. The standard InChI is InChI=1S/C26H28N2O7/c1-17(2)27-26(31)33-15-28-11-5-6-22(14-28)25(30)35-16-34-24(29)18(3)19-7-8-21-13-23(32-4)10-9-20(21)12-19/h5-14,17-18H,15-16H2,1-4H3/p+1/t18-/m0/s1. The van der Waals surface area contributed by atoms with Crippen LogP contribution in [-0.2, 0) is 25.7 Å². The molecule has 9 nitrogen and oxygen atoms in total. The molecule has 0 aliphatic carbocycles. The summed E-state index contributed by atoms with van der Waals surface area (Å²) in [6.45, 7) is 4.76. The van der Waals surface area contributed by atoms with Crippen LogP contribution < -0.4 is 14.6 Å². The van der Waals surface area contributed by atoms with Gasteiger partial charge in [-0.25, -0.2) is 9.59 Å². The molecule has 1 heterocycles. The summed E-state index contributed by atoms with van der Waals surface area (Å²) in [6, 6.07) is 14.5. The molecule has 0 spiro atoms. The molecular formula is C26H29N2O7+. The van der Waals surface area contributed by atoms with E-state index in [1.807, 2.05) is 50.2 Å². The van der Waals surface area contributed by atoms with Crippen LogP contribution in [0.15, 0.2) is 60.9 Å². The lowest BCUT2D eigenvalue weighted by molar-refractivity contribution is -0.727. The second-order valence-electron chi connectivity index (χ2n) is 8.17. The number of amides is 1. The van der Waals surface area contributed by atoms with Gasteiger partial charge in [-0.3, -0.25) is 4.79 Å². The molecule has 0 bridgehead atoms. The Hall–Kier alpha value is -4.14. The van der Waals surface area contributed by atoms with Crippen LogP contribution in [0.3, 0.4) is 0 Å². The topological polar surface area (TPSA) is 104 Å². The fourth-order valence-corrected chi connectivity index (χ4v) is 3.26. The lowest BCUT2D eigenvalue weighted by Crippen LogP contribution is -2.40. The third kappa shape index (κ3) is 7.17. The number of carbonyl (C=O) groups is 3. The Morgan fingerprint density at radius 3 is 2.43 bits per heavy atom. The van der Waals surface area contributed by atoms with E-state index in [2.05, 4.69) is 5.32 Å². The van der Waals surface area contributed by atoms with Gasteiger partial charge in [0.25, 0.3) is 6.73 Å². The molecule has 0 unspecified atom stereocenters. The highest BCUT2D eigenvalue weighted by molar-refractivity contribution is 5.89. The molecule has 9 heteroatoms. The van der Waals surface area contributed by atoms with Gasteiger partial charge in [0.1, 0.15) is 11.3 Å². The minimum atomic E-state index is -0.675. The quantitative estimate of drug-likeness (QED) is 0.282. The number of hydrogen-bond donors (Lipinski definition) is 1. The van der Waals surface area contributed by atoms with Crippen LogP contribution in [-0.4, -0.2) is 38.0 Å². The highest BCUT2D eigenvalue weighted by Gasteiger charge is 2.19. The molecule has 0 aliphatic heterocycles. The van der Waals surface area contributed by atoms with Crippen molar-refractivity contribution in [2.45, 2.75) is 39.5 Å². The molecule has 0 radical (unpaired) electrons. The zero-order chi connectivity index (χ0) is 25.4. The minimum absolute atomic E-state index is 0.0513. The molecule has 0 saturated carbocycles. The first-order valence-corrected chi connectivity index (χ1v) is 11.1. The maximum absolute atomic E-state index is 12.5. The third-order valence-corrected chi connectivity index (χ3v) is 5.16. The van der Waals surface area contributed by atoms with Crippen LogP contribution in [0.2, 0.25) is 0 Å². The minimum Gasteiger partial charge on any atom is -0.497 e. The average Bonchev–Trinajstić information content (AvgIpc) is 2.86. The number of ether oxygens (including phenoxy) is 4. The van der Waals surface area contributed by atoms with Crippen molar-refractivity contribution in [3.63, 3.8) is 0 Å². The Labute approximate surface area is 203 Å². The predicted molar refractivity (Wildman–Crippen MR) is 127 cm³/mol. The van der Waals surface area contributed by atoms with E-state index >= 15 is 0 Å². The first kappa shape index (κ1) is 25.5. The van der Waals surface area contributed by atoms with Crippen LogP contribution in [0.1, 0.15) is 42.6 Å². The van der Waals surface area contributed by atoms with Crippen LogP contribution in [0.4, 0.5) is 4.79 Å². The fourth-order valence-electron chi connectivity index (χ4n) is 3.26.